The number of nitrogens with one attached hydrogen (secondary N) is 1. The molecule has 0 fully saturated rings. The van der Waals surface area contributed by atoms with Crippen LogP contribution >= 0.6 is 0 Å². The molecule has 0 unspecified atom stereocenters. The van der Waals surface area contributed by atoms with Crippen LogP contribution in [0.5, 0.6) is 0 Å². The molecular weight excluding hydrogens is 351 g/mol. The molecule has 0 spiro atoms. The quantitative estimate of drug-likeness (QED) is 0.510. The van der Waals surface area contributed by atoms with Crippen molar-refractivity contribution >= 4 is 11.8 Å². The molecule has 4 aromatic rings. The van der Waals surface area contributed by atoms with E-state index < -0.39 is 0 Å². The van der Waals surface area contributed by atoms with E-state index in [4.69, 9.17) is 5.73 Å². The van der Waals surface area contributed by atoms with Gasteiger partial charge in [0.2, 0.25) is 5.95 Å². The average molecular weight is 370 g/mol. The Labute approximate surface area is 162 Å². The molecule has 0 radical (unpaired) electrons. The molecule has 4 nitrogen and oxygen atoms in total. The number of benzene rings is 3. The van der Waals surface area contributed by atoms with Gasteiger partial charge in [-0.25, -0.2) is 9.37 Å². The minimum absolute atomic E-state index is 0.163. The van der Waals surface area contributed by atoms with Gasteiger partial charge in [-0.1, -0.05) is 72.8 Å². The van der Waals surface area contributed by atoms with Gasteiger partial charge >= 0.3 is 0 Å². The lowest BCUT2D eigenvalue weighted by Crippen LogP contribution is -2.06. The lowest BCUT2D eigenvalue weighted by Gasteiger charge is -2.12. The molecule has 138 valence electrons. The molecule has 0 bridgehead atoms. The third-order valence-electron chi connectivity index (χ3n) is 4.45. The molecule has 28 heavy (non-hydrogen) atoms. The third-order valence-corrected chi connectivity index (χ3v) is 4.45. The topological polar surface area (TPSA) is 63.8 Å². The van der Waals surface area contributed by atoms with Crippen LogP contribution < -0.4 is 11.1 Å². The van der Waals surface area contributed by atoms with Gasteiger partial charge in [0.15, 0.2) is 0 Å². The summed E-state index contributed by atoms with van der Waals surface area (Å²) in [5, 5.41) is 3.14. The van der Waals surface area contributed by atoms with Gasteiger partial charge in [0.1, 0.15) is 11.6 Å². The van der Waals surface area contributed by atoms with E-state index in [2.05, 4.69) is 33.5 Å². The summed E-state index contributed by atoms with van der Waals surface area (Å²) >= 11 is 0. The predicted molar refractivity (Wildman–Crippen MR) is 111 cm³/mol. The molecule has 1 heterocycles. The minimum Gasteiger partial charge on any atom is -0.368 e. The molecule has 3 N–H and O–H groups in total. The van der Waals surface area contributed by atoms with Gasteiger partial charge in [0.25, 0.3) is 0 Å². The largest absolute Gasteiger partial charge is 0.368 e. The third kappa shape index (κ3) is 3.83. The summed E-state index contributed by atoms with van der Waals surface area (Å²) in [6, 6.07) is 26.6. The van der Waals surface area contributed by atoms with Gasteiger partial charge in [-0.15, -0.1) is 0 Å². The second kappa shape index (κ2) is 7.88. The van der Waals surface area contributed by atoms with E-state index in [0.29, 0.717) is 23.6 Å². The Morgan fingerprint density at radius 3 is 2.25 bits per heavy atom. The molecule has 5 heteroatoms. The highest BCUT2D eigenvalue weighted by atomic mass is 19.1. The second-order valence-electron chi connectivity index (χ2n) is 6.35. The van der Waals surface area contributed by atoms with E-state index in [1.54, 1.807) is 18.2 Å². The summed E-state index contributed by atoms with van der Waals surface area (Å²) in [7, 11) is 0. The van der Waals surface area contributed by atoms with Gasteiger partial charge in [-0.05, 0) is 17.2 Å². The first-order valence-electron chi connectivity index (χ1n) is 8.97. The highest BCUT2D eigenvalue weighted by Gasteiger charge is 2.11. The molecular formula is C23H19FN4. The van der Waals surface area contributed by atoms with Gasteiger partial charge in [-0.2, -0.15) is 4.98 Å². The number of nitrogen functional groups attached to an aromatic ring is 1. The Bertz CT molecular complexity index is 1100. The lowest BCUT2D eigenvalue weighted by molar-refractivity contribution is 0.613. The SMILES string of the molecule is Nc1nc(NCc2ccccc2F)cc(-c2ccccc2-c2ccccc2)n1. The molecule has 3 aromatic carbocycles. The number of nitrogens with zero attached hydrogens (tertiary/aromatic N) is 2. The van der Waals surface area contributed by atoms with Crippen molar-refractivity contribution in [3.63, 3.8) is 0 Å². The second-order valence-corrected chi connectivity index (χ2v) is 6.35. The van der Waals surface area contributed by atoms with Gasteiger partial charge in [0, 0.05) is 23.7 Å². The van der Waals surface area contributed by atoms with Gasteiger partial charge in [-0.3, -0.25) is 0 Å². The summed E-state index contributed by atoms with van der Waals surface area (Å²) in [6.45, 7) is 0.308. The maximum atomic E-state index is 13.9. The van der Waals surface area contributed by atoms with Crippen molar-refractivity contribution < 1.29 is 4.39 Å². The average Bonchev–Trinajstić information content (AvgIpc) is 2.73. The van der Waals surface area contributed by atoms with E-state index >= 15 is 0 Å². The molecule has 0 aliphatic heterocycles. The molecule has 0 saturated heterocycles. The van der Waals surface area contributed by atoms with Crippen molar-refractivity contribution in [2.45, 2.75) is 6.54 Å². The Balaban J connectivity index is 1.68. The van der Waals surface area contributed by atoms with Crippen LogP contribution in [0.1, 0.15) is 5.56 Å². The number of halogens is 1. The van der Waals surface area contributed by atoms with Crippen molar-refractivity contribution in [3.8, 4) is 22.4 Å². The van der Waals surface area contributed by atoms with Gasteiger partial charge < -0.3 is 11.1 Å². The maximum absolute atomic E-state index is 13.9. The number of aromatic nitrogens is 2. The van der Waals surface area contributed by atoms with Crippen LogP contribution in [0.25, 0.3) is 22.4 Å². The van der Waals surface area contributed by atoms with Crippen molar-refractivity contribution in [1.82, 2.24) is 9.97 Å². The van der Waals surface area contributed by atoms with Crippen LogP contribution in [0.3, 0.4) is 0 Å². The number of hydrogen-bond acceptors (Lipinski definition) is 4. The monoisotopic (exact) mass is 370 g/mol. The Hall–Kier alpha value is -3.73. The zero-order chi connectivity index (χ0) is 19.3. The Morgan fingerprint density at radius 1 is 0.786 bits per heavy atom. The highest BCUT2D eigenvalue weighted by Crippen LogP contribution is 2.32. The Morgan fingerprint density at radius 2 is 1.46 bits per heavy atom. The minimum atomic E-state index is -0.258. The van der Waals surface area contributed by atoms with Crippen molar-refractivity contribution in [2.24, 2.45) is 0 Å². The summed E-state index contributed by atoms with van der Waals surface area (Å²) in [5.74, 6) is 0.455. The van der Waals surface area contributed by atoms with Crippen molar-refractivity contribution in [3.05, 3.63) is 96.3 Å². The molecule has 4 rings (SSSR count). The first-order valence-corrected chi connectivity index (χ1v) is 8.97. The molecule has 0 aliphatic rings. The molecule has 0 saturated carbocycles. The van der Waals surface area contributed by atoms with Crippen LogP contribution in [0, 0.1) is 5.82 Å². The van der Waals surface area contributed by atoms with Crippen LogP contribution in [0.4, 0.5) is 16.2 Å². The molecule has 0 amide bonds. The van der Waals surface area contributed by atoms with E-state index in [1.807, 2.05) is 42.5 Å². The van der Waals surface area contributed by atoms with Crippen LogP contribution in [-0.2, 0) is 6.54 Å². The number of hydrogen-bond donors (Lipinski definition) is 2. The summed E-state index contributed by atoms with van der Waals surface area (Å²) < 4.78 is 13.9. The molecule has 1 aromatic heterocycles. The standard InChI is InChI=1S/C23H19FN4/c24-20-13-7-4-10-17(20)15-26-22-14-21(27-23(25)28-22)19-12-6-5-11-18(19)16-8-2-1-3-9-16/h1-14H,15H2,(H3,25,26,27,28). The zero-order valence-electron chi connectivity index (χ0n) is 15.1. The van der Waals surface area contributed by atoms with E-state index in [1.165, 1.54) is 6.07 Å². The van der Waals surface area contributed by atoms with Crippen LogP contribution in [-0.4, -0.2) is 9.97 Å². The highest BCUT2D eigenvalue weighted by molar-refractivity contribution is 5.82. The smallest absolute Gasteiger partial charge is 0.222 e. The van der Waals surface area contributed by atoms with E-state index in [-0.39, 0.29) is 11.8 Å². The summed E-state index contributed by atoms with van der Waals surface area (Å²) in [5.41, 5.74) is 10.3. The number of rotatable bonds is 5. The van der Waals surface area contributed by atoms with Crippen molar-refractivity contribution in [2.75, 3.05) is 11.1 Å². The normalized spacial score (nSPS) is 10.6. The van der Waals surface area contributed by atoms with Crippen LogP contribution in [0.2, 0.25) is 0 Å². The molecule has 0 atom stereocenters. The van der Waals surface area contributed by atoms with E-state index in [9.17, 15) is 4.39 Å². The Kier molecular flexibility index (Phi) is 4.97. The first-order chi connectivity index (χ1) is 13.7. The maximum Gasteiger partial charge on any atom is 0.222 e. The van der Waals surface area contributed by atoms with Gasteiger partial charge in [0.05, 0.1) is 5.69 Å². The summed E-state index contributed by atoms with van der Waals surface area (Å²) in [6.07, 6.45) is 0. The fraction of sp³-hybridized carbons (Fsp3) is 0.0435. The lowest BCUT2D eigenvalue weighted by atomic mass is 9.97. The number of anilines is 2. The summed E-state index contributed by atoms with van der Waals surface area (Å²) in [4.78, 5) is 8.65. The zero-order valence-corrected chi connectivity index (χ0v) is 15.1. The number of nitrogens with two attached hydrogens (primary N) is 1. The van der Waals surface area contributed by atoms with E-state index in [0.717, 1.165) is 16.7 Å². The predicted octanol–water partition coefficient (Wildman–Crippen LogP) is 5.14. The fourth-order valence-electron chi connectivity index (χ4n) is 3.10. The molecule has 0 aliphatic carbocycles. The first kappa shape index (κ1) is 17.7. The fourth-order valence-corrected chi connectivity index (χ4v) is 3.10. The van der Waals surface area contributed by atoms with Crippen molar-refractivity contribution in [1.29, 1.82) is 0 Å². The van der Waals surface area contributed by atoms with Crippen LogP contribution in [0.15, 0.2) is 84.9 Å².